The van der Waals surface area contributed by atoms with Crippen molar-refractivity contribution in [3.8, 4) is 11.3 Å². The zero-order valence-electron chi connectivity index (χ0n) is 22.0. The van der Waals surface area contributed by atoms with E-state index < -0.39 is 20.0 Å². The van der Waals surface area contributed by atoms with Gasteiger partial charge in [-0.1, -0.05) is 0 Å². The van der Waals surface area contributed by atoms with Crippen LogP contribution >= 0.6 is 0 Å². The van der Waals surface area contributed by atoms with Gasteiger partial charge in [0.15, 0.2) is 0 Å². The molecule has 0 aliphatic rings. The molecule has 188 valence electrons. The molecule has 0 fully saturated rings. The second-order valence-electron chi connectivity index (χ2n) is 10.9. The maximum absolute atomic E-state index is 17.7. The van der Waals surface area contributed by atoms with Crippen molar-refractivity contribution in [1.82, 2.24) is 0 Å². The Balaban J connectivity index is 1.84. The second-order valence-corrected chi connectivity index (χ2v) is 23.9. The number of benzene rings is 4. The molecule has 0 atom stereocenters. The number of fused-ring (bicyclic) bond motifs is 1. The monoisotopic (exact) mass is 690 g/mol. The van der Waals surface area contributed by atoms with Crippen molar-refractivity contribution in [3.63, 3.8) is 0 Å². The zero-order valence-corrected chi connectivity index (χ0v) is 25.5. The van der Waals surface area contributed by atoms with Gasteiger partial charge in [0.1, 0.15) is 0 Å². The first kappa shape index (κ1) is 25.7. The molecule has 0 saturated carbocycles. The van der Waals surface area contributed by atoms with Crippen LogP contribution in [0.3, 0.4) is 0 Å². The van der Waals surface area contributed by atoms with E-state index in [0.29, 0.717) is 0 Å². The molecule has 1 nitrogen and oxygen atoms in total. The Hall–Kier alpha value is -2.97. The number of aryl methyl sites for hydroxylation is 2. The number of hydrogen-bond donors (Lipinski definition) is 0. The predicted molar refractivity (Wildman–Crippen MR) is 154 cm³/mol. The minimum absolute atomic E-state index is 0.100. The third-order valence-electron chi connectivity index (χ3n) is 7.40. The van der Waals surface area contributed by atoms with Gasteiger partial charge in [-0.3, -0.25) is 0 Å². The van der Waals surface area contributed by atoms with Crippen molar-refractivity contribution in [1.29, 1.82) is 0 Å². The fourth-order valence-electron chi connectivity index (χ4n) is 5.30. The average molecular weight is 691 g/mol. The first-order chi connectivity index (χ1) is 17.5. The molecule has 0 saturated heterocycles. The van der Waals surface area contributed by atoms with E-state index in [1.807, 2.05) is 17.7 Å². The van der Waals surface area contributed by atoms with Gasteiger partial charge >= 0.3 is 222 Å². The summed E-state index contributed by atoms with van der Waals surface area (Å²) in [4.78, 5) is 0. The summed E-state index contributed by atoms with van der Waals surface area (Å²) in [5.74, 6) is 0. The summed E-state index contributed by atoms with van der Waals surface area (Å²) in [6, 6.07) is 30.9. The fraction of sp³-hybridized carbons (Fsp3) is 0.182. The predicted octanol–water partition coefficient (Wildman–Crippen LogP) is 6.29. The van der Waals surface area contributed by atoms with E-state index in [0.717, 1.165) is 22.2 Å². The molecule has 1 heterocycles. The van der Waals surface area contributed by atoms with Crippen LogP contribution in [0.5, 0.6) is 0 Å². The summed E-state index contributed by atoms with van der Waals surface area (Å²) >= 11 is -6.95. The number of nitrogens with zero attached hydrogens (tertiary/aromatic N) is 1. The van der Waals surface area contributed by atoms with E-state index in [4.69, 9.17) is 0 Å². The minimum atomic E-state index is -6.95. The fourth-order valence-corrected chi connectivity index (χ4v) is 16.8. The molecule has 0 aliphatic heterocycles. The van der Waals surface area contributed by atoms with E-state index in [1.165, 1.54) is 10.9 Å². The molecule has 0 radical (unpaired) electrons. The van der Waals surface area contributed by atoms with E-state index in [-0.39, 0.29) is 15.2 Å². The van der Waals surface area contributed by atoms with Crippen molar-refractivity contribution < 1.29 is 9.82 Å². The van der Waals surface area contributed by atoms with Gasteiger partial charge in [0.2, 0.25) is 0 Å². The van der Waals surface area contributed by atoms with Crippen LogP contribution in [0.25, 0.3) is 22.0 Å². The van der Waals surface area contributed by atoms with Crippen LogP contribution in [0.2, 0.25) is 0 Å². The van der Waals surface area contributed by atoms with Crippen LogP contribution in [-0.4, -0.2) is 20.0 Å². The Morgan fingerprint density at radius 1 is 0.649 bits per heavy atom. The summed E-state index contributed by atoms with van der Waals surface area (Å²) in [5.41, 5.74) is 4.01. The molecule has 0 amide bonds. The average Bonchev–Trinajstić information content (AvgIpc) is 2.90. The Bertz CT molecular complexity index is 1560. The molecule has 0 bridgehead atoms. The van der Waals surface area contributed by atoms with Gasteiger partial charge in [0, 0.05) is 0 Å². The second kappa shape index (κ2) is 9.10. The quantitative estimate of drug-likeness (QED) is 0.154. The van der Waals surface area contributed by atoms with E-state index in [2.05, 4.69) is 52.0 Å². The van der Waals surface area contributed by atoms with Crippen LogP contribution in [0, 0.1) is 6.92 Å². The third-order valence-corrected chi connectivity index (χ3v) is 21.4. The summed E-state index contributed by atoms with van der Waals surface area (Å²) in [6.45, 7) is 8.71. The molecule has 5 aromatic rings. The molecule has 0 aliphatic carbocycles. The van der Waals surface area contributed by atoms with Crippen LogP contribution < -0.4 is 14.4 Å². The molecule has 0 unspecified atom stereocenters. The molecular weight excluding hydrogens is 657 g/mol. The summed E-state index contributed by atoms with van der Waals surface area (Å²) in [7, 11) is 1.94. The Morgan fingerprint density at radius 2 is 1.16 bits per heavy atom. The van der Waals surface area contributed by atoms with Crippen LogP contribution in [0.4, 0.5) is 5.25 Å². The number of rotatable bonds is 4. The van der Waals surface area contributed by atoms with Crippen LogP contribution in [-0.2, 0) is 12.5 Å². The number of pyridine rings is 1. The molecular formula is C33H33BiF2N+. The van der Waals surface area contributed by atoms with Gasteiger partial charge in [-0.2, -0.15) is 0 Å². The molecule has 0 N–H and O–H groups in total. The Morgan fingerprint density at radius 3 is 1.70 bits per heavy atom. The van der Waals surface area contributed by atoms with Crippen LogP contribution in [0.15, 0.2) is 109 Å². The van der Waals surface area contributed by atoms with Crippen molar-refractivity contribution in [2.75, 3.05) is 0 Å². The summed E-state index contributed by atoms with van der Waals surface area (Å²) < 4.78 is 37.8. The van der Waals surface area contributed by atoms with Crippen molar-refractivity contribution >= 4 is 40.6 Å². The number of aromatic nitrogens is 1. The number of halogens is 2. The molecule has 5 rings (SSSR count). The van der Waals surface area contributed by atoms with Gasteiger partial charge in [-0.25, -0.2) is 0 Å². The first-order valence-corrected chi connectivity index (χ1v) is 20.5. The van der Waals surface area contributed by atoms with Gasteiger partial charge in [0.25, 0.3) is 0 Å². The zero-order chi connectivity index (χ0) is 26.4. The Kier molecular flexibility index (Phi) is 6.31. The normalized spacial score (nSPS) is 13.3. The van der Waals surface area contributed by atoms with Crippen molar-refractivity contribution in [3.05, 3.63) is 120 Å². The SMILES string of the molecule is Cc1c(-c2c[c]([Bi]([F])([F])([c]3ccccc3)[c]3ccccc3)cc[n+]2C)cc(C(C)(C)C)c2ccccc12. The van der Waals surface area contributed by atoms with E-state index >= 15 is 5.25 Å². The standard InChI is InChI=1S/C21H23N.2C6H5.Bi.2FH/c1-15-16-10-6-7-11-17(16)19(21(2,3)4)14-18(15)20-12-8-9-13-22(20)5;2*1-2-4-6-5-3-1;;;/h6-7,9-14H,1-5H3;2*1-5H;;2*1H/q+1;;;+2;;/p-2. The van der Waals surface area contributed by atoms with E-state index in [1.54, 1.807) is 79.0 Å². The van der Waals surface area contributed by atoms with E-state index in [9.17, 15) is 0 Å². The molecule has 1 aromatic heterocycles. The van der Waals surface area contributed by atoms with Gasteiger partial charge in [0.05, 0.1) is 0 Å². The summed E-state index contributed by atoms with van der Waals surface area (Å²) in [6.07, 6.45) is 1.80. The van der Waals surface area contributed by atoms with Crippen molar-refractivity contribution in [2.45, 2.75) is 33.1 Å². The van der Waals surface area contributed by atoms with Crippen molar-refractivity contribution in [2.24, 2.45) is 7.05 Å². The summed E-state index contributed by atoms with van der Waals surface area (Å²) in [5, 5.41) is 2.37. The maximum atomic E-state index is 17.7. The number of hydrogen-bond acceptors (Lipinski definition) is 0. The molecule has 0 spiro atoms. The topological polar surface area (TPSA) is 3.88 Å². The molecule has 4 aromatic carbocycles. The third kappa shape index (κ3) is 4.20. The first-order valence-electron chi connectivity index (χ1n) is 12.6. The van der Waals surface area contributed by atoms with Gasteiger partial charge < -0.3 is 0 Å². The molecule has 37 heavy (non-hydrogen) atoms. The van der Waals surface area contributed by atoms with Crippen LogP contribution in [0.1, 0.15) is 31.9 Å². The van der Waals surface area contributed by atoms with Gasteiger partial charge in [-0.15, -0.1) is 0 Å². The Labute approximate surface area is 221 Å². The van der Waals surface area contributed by atoms with Gasteiger partial charge in [-0.05, 0) is 0 Å². The molecule has 4 heteroatoms.